The monoisotopic (exact) mass is 420 g/mol. The summed E-state index contributed by atoms with van der Waals surface area (Å²) in [5.74, 6) is 1.83. The standard InChI is InChI=1S/C22H24N6OS/c1-21(2)12-8-9-22(21,3)15(10-12)25-18-16-17(24-11-23-16)26-20(27-18)28-19(29)13-6-4-5-7-14(13)30-28/h4-7,11-12,15H,8-10H2,1-3H3,(H2,23,24,25,26,27)/t12-,15+,22+/m1/s1. The van der Waals surface area contributed by atoms with E-state index in [4.69, 9.17) is 4.98 Å². The van der Waals surface area contributed by atoms with Gasteiger partial charge < -0.3 is 10.3 Å². The molecule has 7 nitrogen and oxygen atoms in total. The Morgan fingerprint density at radius 1 is 1.23 bits per heavy atom. The van der Waals surface area contributed by atoms with Gasteiger partial charge in [0.25, 0.3) is 11.5 Å². The highest BCUT2D eigenvalue weighted by atomic mass is 32.1. The predicted octanol–water partition coefficient (Wildman–Crippen LogP) is 4.35. The van der Waals surface area contributed by atoms with Crippen molar-refractivity contribution in [2.45, 2.75) is 46.1 Å². The van der Waals surface area contributed by atoms with Crippen LogP contribution in [0.4, 0.5) is 5.82 Å². The van der Waals surface area contributed by atoms with Crippen LogP contribution in [0, 0.1) is 16.7 Å². The first-order valence-electron chi connectivity index (χ1n) is 10.5. The van der Waals surface area contributed by atoms with E-state index >= 15 is 0 Å². The summed E-state index contributed by atoms with van der Waals surface area (Å²) in [5.41, 5.74) is 1.78. The lowest BCUT2D eigenvalue weighted by Gasteiger charge is -2.39. The summed E-state index contributed by atoms with van der Waals surface area (Å²) in [6, 6.07) is 7.94. The number of H-pyrrole nitrogens is 1. The molecule has 2 fully saturated rings. The highest BCUT2D eigenvalue weighted by molar-refractivity contribution is 7.14. The summed E-state index contributed by atoms with van der Waals surface area (Å²) in [6.07, 6.45) is 5.30. The number of hydrogen-bond donors (Lipinski definition) is 2. The highest BCUT2D eigenvalue weighted by Gasteiger charge is 2.61. The number of aromatic nitrogens is 5. The van der Waals surface area contributed by atoms with Crippen molar-refractivity contribution in [2.24, 2.45) is 16.7 Å². The molecule has 3 aromatic heterocycles. The van der Waals surface area contributed by atoms with E-state index < -0.39 is 0 Å². The molecule has 2 aliphatic carbocycles. The average Bonchev–Trinajstić information content (AvgIpc) is 3.43. The number of nitrogens with zero attached hydrogens (tertiary/aromatic N) is 4. The van der Waals surface area contributed by atoms with Crippen LogP contribution in [-0.2, 0) is 0 Å². The van der Waals surface area contributed by atoms with Gasteiger partial charge in [0.1, 0.15) is 5.52 Å². The second-order valence-electron chi connectivity index (χ2n) is 9.47. The zero-order valence-corrected chi connectivity index (χ0v) is 18.1. The van der Waals surface area contributed by atoms with Gasteiger partial charge in [-0.3, -0.25) is 4.79 Å². The summed E-state index contributed by atoms with van der Waals surface area (Å²) >= 11 is 1.36. The topological polar surface area (TPSA) is 88.5 Å². The number of hydrogen-bond acceptors (Lipinski definition) is 6. The fourth-order valence-corrected chi connectivity index (χ4v) is 6.64. The third kappa shape index (κ3) is 2.25. The normalized spacial score (nSPS) is 27.3. The van der Waals surface area contributed by atoms with Crippen molar-refractivity contribution in [1.29, 1.82) is 0 Å². The maximum absolute atomic E-state index is 12.9. The zero-order chi connectivity index (χ0) is 20.7. The van der Waals surface area contributed by atoms with Crippen LogP contribution in [0.1, 0.15) is 40.0 Å². The molecule has 0 spiro atoms. The molecule has 30 heavy (non-hydrogen) atoms. The Kier molecular flexibility index (Phi) is 3.56. The molecule has 0 amide bonds. The minimum Gasteiger partial charge on any atom is -0.365 e. The van der Waals surface area contributed by atoms with Crippen molar-refractivity contribution in [3.05, 3.63) is 40.9 Å². The molecule has 0 radical (unpaired) electrons. The lowest BCUT2D eigenvalue weighted by atomic mass is 9.69. The smallest absolute Gasteiger partial charge is 0.275 e. The number of benzene rings is 1. The first-order valence-corrected chi connectivity index (χ1v) is 11.2. The van der Waals surface area contributed by atoms with E-state index in [0.29, 0.717) is 28.4 Å². The highest BCUT2D eigenvalue weighted by Crippen LogP contribution is 2.65. The molecule has 4 aromatic rings. The van der Waals surface area contributed by atoms with Gasteiger partial charge in [-0.05, 0) is 59.7 Å². The molecule has 0 saturated heterocycles. The van der Waals surface area contributed by atoms with Crippen LogP contribution >= 0.6 is 11.5 Å². The summed E-state index contributed by atoms with van der Waals surface area (Å²) < 4.78 is 2.49. The molecule has 8 heteroatoms. The van der Waals surface area contributed by atoms with Gasteiger partial charge in [0.15, 0.2) is 11.5 Å². The van der Waals surface area contributed by atoms with Crippen molar-refractivity contribution < 1.29 is 0 Å². The van der Waals surface area contributed by atoms with Crippen molar-refractivity contribution in [1.82, 2.24) is 23.9 Å². The fourth-order valence-electron chi connectivity index (χ4n) is 5.71. The maximum Gasteiger partial charge on any atom is 0.275 e. The Morgan fingerprint density at radius 3 is 2.80 bits per heavy atom. The number of anilines is 1. The van der Waals surface area contributed by atoms with Gasteiger partial charge in [-0.2, -0.15) is 13.9 Å². The van der Waals surface area contributed by atoms with Gasteiger partial charge in [0.05, 0.1) is 16.4 Å². The van der Waals surface area contributed by atoms with Crippen LogP contribution in [0.3, 0.4) is 0 Å². The van der Waals surface area contributed by atoms with Crippen LogP contribution in [-0.4, -0.2) is 29.9 Å². The van der Waals surface area contributed by atoms with E-state index in [1.165, 1.54) is 24.4 Å². The van der Waals surface area contributed by atoms with E-state index in [2.05, 4.69) is 41.0 Å². The quantitative estimate of drug-likeness (QED) is 0.515. The van der Waals surface area contributed by atoms with E-state index in [1.54, 1.807) is 10.3 Å². The molecule has 0 aliphatic heterocycles. The summed E-state index contributed by atoms with van der Waals surface area (Å²) in [6.45, 7) is 7.21. The molecule has 154 valence electrons. The Morgan fingerprint density at radius 2 is 2.07 bits per heavy atom. The molecule has 2 bridgehead atoms. The molecule has 6 rings (SSSR count). The largest absolute Gasteiger partial charge is 0.365 e. The van der Waals surface area contributed by atoms with Crippen LogP contribution in [0.5, 0.6) is 0 Å². The summed E-state index contributed by atoms with van der Waals surface area (Å²) in [4.78, 5) is 29.9. The van der Waals surface area contributed by atoms with Gasteiger partial charge in [-0.15, -0.1) is 0 Å². The Bertz CT molecular complexity index is 1350. The van der Waals surface area contributed by atoms with Crippen LogP contribution < -0.4 is 10.9 Å². The molecule has 2 saturated carbocycles. The number of nitrogens with one attached hydrogen (secondary N) is 2. The third-order valence-corrected chi connectivity index (χ3v) is 9.12. The maximum atomic E-state index is 12.9. The molecule has 2 N–H and O–H groups in total. The fraction of sp³-hybridized carbons (Fsp3) is 0.455. The van der Waals surface area contributed by atoms with Crippen LogP contribution in [0.25, 0.3) is 27.2 Å². The molecule has 3 atom stereocenters. The van der Waals surface area contributed by atoms with Crippen molar-refractivity contribution in [3.63, 3.8) is 0 Å². The van der Waals surface area contributed by atoms with Gasteiger partial charge in [0, 0.05) is 6.04 Å². The number of imidazole rings is 1. The SMILES string of the molecule is CC1(C)[C@@H]2CC[C@@]1(C)[C@@H](Nc1nc(-n3sc4ccccc4c3=O)nc3nc[nH]c13)C2. The Labute approximate surface area is 177 Å². The van der Waals surface area contributed by atoms with E-state index in [0.717, 1.165) is 28.4 Å². The first kappa shape index (κ1) is 18.1. The van der Waals surface area contributed by atoms with Crippen LogP contribution in [0.2, 0.25) is 0 Å². The van der Waals surface area contributed by atoms with E-state index in [-0.39, 0.29) is 11.0 Å². The summed E-state index contributed by atoms with van der Waals surface area (Å²) in [5, 5.41) is 4.41. The second kappa shape index (κ2) is 5.91. The van der Waals surface area contributed by atoms with Crippen molar-refractivity contribution >= 4 is 38.6 Å². The lowest BCUT2D eigenvalue weighted by Crippen LogP contribution is -2.40. The van der Waals surface area contributed by atoms with Gasteiger partial charge in [-0.1, -0.05) is 32.9 Å². The van der Waals surface area contributed by atoms with Crippen molar-refractivity contribution in [2.75, 3.05) is 5.32 Å². The molecular weight excluding hydrogens is 396 g/mol. The minimum atomic E-state index is -0.0931. The minimum absolute atomic E-state index is 0.0931. The van der Waals surface area contributed by atoms with Crippen LogP contribution in [0.15, 0.2) is 35.4 Å². The van der Waals surface area contributed by atoms with Gasteiger partial charge in [0.2, 0.25) is 0 Å². The van der Waals surface area contributed by atoms with Gasteiger partial charge in [-0.25, -0.2) is 4.98 Å². The zero-order valence-electron chi connectivity index (χ0n) is 17.3. The van der Waals surface area contributed by atoms with Gasteiger partial charge >= 0.3 is 0 Å². The van der Waals surface area contributed by atoms with E-state index in [9.17, 15) is 4.79 Å². The van der Waals surface area contributed by atoms with E-state index in [1.807, 2.05) is 24.3 Å². The average molecular weight is 421 g/mol. The molecular formula is C22H24N6OS. The molecule has 3 heterocycles. The second-order valence-corrected chi connectivity index (χ2v) is 10.5. The Balaban J connectivity index is 1.47. The number of rotatable bonds is 3. The number of fused-ring (bicyclic) bond motifs is 4. The molecule has 1 aromatic carbocycles. The molecule has 0 unspecified atom stereocenters. The molecule has 2 aliphatic rings. The Hall–Kier alpha value is -2.74. The lowest BCUT2D eigenvalue weighted by molar-refractivity contribution is 0.142. The third-order valence-electron chi connectivity index (χ3n) is 8.05. The predicted molar refractivity (Wildman–Crippen MR) is 119 cm³/mol. The first-order chi connectivity index (χ1) is 14.4. The summed E-state index contributed by atoms with van der Waals surface area (Å²) in [7, 11) is 0. The number of aromatic amines is 1. The van der Waals surface area contributed by atoms with Crippen molar-refractivity contribution in [3.8, 4) is 5.95 Å².